The van der Waals surface area contributed by atoms with E-state index in [2.05, 4.69) is 22.5 Å². The van der Waals surface area contributed by atoms with Gasteiger partial charge in [0.25, 0.3) is 0 Å². The quantitative estimate of drug-likeness (QED) is 0.694. The Kier molecular flexibility index (Phi) is 5.01. The van der Waals surface area contributed by atoms with Crippen molar-refractivity contribution in [3.8, 4) is 0 Å². The molecule has 1 saturated heterocycles. The van der Waals surface area contributed by atoms with Gasteiger partial charge in [0.05, 0.1) is 0 Å². The maximum atomic E-state index is 12.1. The summed E-state index contributed by atoms with van der Waals surface area (Å²) in [6, 6.07) is 0. The number of carbonyl (C=O) groups excluding carboxylic acids is 1. The van der Waals surface area contributed by atoms with Crippen LogP contribution in [0.4, 0.5) is 0 Å². The molecule has 2 fully saturated rings. The molecule has 0 unspecified atom stereocenters. The zero-order valence-corrected chi connectivity index (χ0v) is 11.6. The van der Waals surface area contributed by atoms with Crippen LogP contribution in [0.1, 0.15) is 39.0 Å². The smallest absolute Gasteiger partial charge is 0.226 e. The van der Waals surface area contributed by atoms with Gasteiger partial charge >= 0.3 is 0 Å². The summed E-state index contributed by atoms with van der Waals surface area (Å²) in [5, 5.41) is 6.49. The normalized spacial score (nSPS) is 23.4. The first-order valence-electron chi connectivity index (χ1n) is 7.48. The lowest BCUT2D eigenvalue weighted by Gasteiger charge is -2.39. The lowest BCUT2D eigenvalue weighted by molar-refractivity contribution is -0.136. The summed E-state index contributed by atoms with van der Waals surface area (Å²) in [6.07, 6.45) is 5.48. The Morgan fingerprint density at radius 1 is 1.33 bits per heavy atom. The zero-order valence-electron chi connectivity index (χ0n) is 11.6. The van der Waals surface area contributed by atoms with Crippen LogP contribution in [0.2, 0.25) is 0 Å². The van der Waals surface area contributed by atoms with Gasteiger partial charge in [0.15, 0.2) is 0 Å². The number of rotatable bonds is 6. The van der Waals surface area contributed by atoms with Gasteiger partial charge in [-0.2, -0.15) is 0 Å². The molecule has 0 bridgehead atoms. The molecular weight excluding hydrogens is 226 g/mol. The Morgan fingerprint density at radius 3 is 2.61 bits per heavy atom. The van der Waals surface area contributed by atoms with Crippen LogP contribution in [-0.4, -0.2) is 50.1 Å². The Morgan fingerprint density at radius 2 is 2.06 bits per heavy atom. The van der Waals surface area contributed by atoms with Gasteiger partial charge in [-0.25, -0.2) is 0 Å². The van der Waals surface area contributed by atoms with Crippen molar-refractivity contribution in [3.63, 3.8) is 0 Å². The summed E-state index contributed by atoms with van der Waals surface area (Å²) < 4.78 is 0. The summed E-state index contributed by atoms with van der Waals surface area (Å²) in [5.74, 6) is 0.302. The predicted octanol–water partition coefficient (Wildman–Crippen LogP) is 0.978. The minimum absolute atomic E-state index is 0.00492. The van der Waals surface area contributed by atoms with E-state index in [0.29, 0.717) is 5.91 Å². The Labute approximate surface area is 110 Å². The summed E-state index contributed by atoms with van der Waals surface area (Å²) in [7, 11) is 0. The van der Waals surface area contributed by atoms with E-state index < -0.39 is 0 Å². The second kappa shape index (κ2) is 6.53. The van der Waals surface area contributed by atoms with E-state index in [9.17, 15) is 4.79 Å². The molecule has 0 atom stereocenters. The molecule has 0 aromatic carbocycles. The standard InChI is InChI=1S/C14H27N3O/c1-2-14(5-3-6-14)13(18)16-7-4-10-17-11-8-15-9-12-17/h15H,2-12H2,1H3,(H,16,18). The van der Waals surface area contributed by atoms with Crippen LogP contribution in [0, 0.1) is 5.41 Å². The average Bonchev–Trinajstić information content (AvgIpc) is 2.35. The van der Waals surface area contributed by atoms with E-state index in [4.69, 9.17) is 0 Å². The van der Waals surface area contributed by atoms with Gasteiger partial charge in [0, 0.05) is 38.1 Å². The minimum Gasteiger partial charge on any atom is -0.356 e. The molecule has 18 heavy (non-hydrogen) atoms. The van der Waals surface area contributed by atoms with E-state index in [1.54, 1.807) is 0 Å². The van der Waals surface area contributed by atoms with Crippen molar-refractivity contribution in [1.82, 2.24) is 15.5 Å². The summed E-state index contributed by atoms with van der Waals surface area (Å²) in [4.78, 5) is 14.6. The molecule has 0 radical (unpaired) electrons. The van der Waals surface area contributed by atoms with E-state index in [1.807, 2.05) is 0 Å². The maximum Gasteiger partial charge on any atom is 0.226 e. The Hall–Kier alpha value is -0.610. The SMILES string of the molecule is CCC1(C(=O)NCCCN2CCNCC2)CCC1. The van der Waals surface area contributed by atoms with Gasteiger partial charge in [-0.15, -0.1) is 0 Å². The first-order chi connectivity index (χ1) is 8.77. The lowest BCUT2D eigenvalue weighted by Crippen LogP contribution is -2.47. The van der Waals surface area contributed by atoms with E-state index in [-0.39, 0.29) is 5.41 Å². The van der Waals surface area contributed by atoms with Crippen LogP contribution >= 0.6 is 0 Å². The molecule has 1 saturated carbocycles. The highest BCUT2D eigenvalue weighted by molar-refractivity contribution is 5.83. The number of nitrogens with one attached hydrogen (secondary N) is 2. The van der Waals surface area contributed by atoms with Gasteiger partial charge < -0.3 is 15.5 Å². The molecule has 1 aliphatic heterocycles. The highest BCUT2D eigenvalue weighted by Crippen LogP contribution is 2.43. The fourth-order valence-electron chi connectivity index (χ4n) is 2.97. The second-order valence-corrected chi connectivity index (χ2v) is 5.69. The van der Waals surface area contributed by atoms with E-state index >= 15 is 0 Å². The first-order valence-corrected chi connectivity index (χ1v) is 7.48. The summed E-state index contributed by atoms with van der Waals surface area (Å²) in [6.45, 7) is 8.58. The fourth-order valence-corrected chi connectivity index (χ4v) is 2.97. The predicted molar refractivity (Wildman–Crippen MR) is 73.5 cm³/mol. The molecule has 0 aromatic heterocycles. The topological polar surface area (TPSA) is 44.4 Å². The summed E-state index contributed by atoms with van der Waals surface area (Å²) >= 11 is 0. The highest BCUT2D eigenvalue weighted by Gasteiger charge is 2.41. The maximum absolute atomic E-state index is 12.1. The number of nitrogens with zero attached hydrogens (tertiary/aromatic N) is 1. The lowest BCUT2D eigenvalue weighted by atomic mass is 9.66. The van der Waals surface area contributed by atoms with E-state index in [0.717, 1.165) is 65.0 Å². The Bertz CT molecular complexity index is 265. The minimum atomic E-state index is -0.00492. The number of carbonyl (C=O) groups is 1. The van der Waals surface area contributed by atoms with Crippen LogP contribution < -0.4 is 10.6 Å². The third-order valence-electron chi connectivity index (χ3n) is 4.62. The van der Waals surface area contributed by atoms with Crippen molar-refractivity contribution in [2.45, 2.75) is 39.0 Å². The molecule has 4 nitrogen and oxygen atoms in total. The molecule has 4 heteroatoms. The highest BCUT2D eigenvalue weighted by atomic mass is 16.2. The zero-order chi connectivity index (χ0) is 12.8. The molecule has 1 heterocycles. The number of amides is 1. The van der Waals surface area contributed by atoms with Crippen molar-refractivity contribution in [2.75, 3.05) is 39.3 Å². The average molecular weight is 253 g/mol. The number of hydrogen-bond donors (Lipinski definition) is 2. The van der Waals surface area contributed by atoms with Crippen molar-refractivity contribution >= 4 is 5.91 Å². The number of hydrogen-bond acceptors (Lipinski definition) is 3. The molecule has 2 rings (SSSR count). The molecular formula is C14H27N3O. The molecule has 104 valence electrons. The van der Waals surface area contributed by atoms with Crippen LogP contribution in [0.15, 0.2) is 0 Å². The molecule has 0 aromatic rings. The number of piperazine rings is 1. The third-order valence-corrected chi connectivity index (χ3v) is 4.62. The van der Waals surface area contributed by atoms with Gasteiger partial charge in [0.2, 0.25) is 5.91 Å². The van der Waals surface area contributed by atoms with Crippen molar-refractivity contribution in [2.24, 2.45) is 5.41 Å². The van der Waals surface area contributed by atoms with Gasteiger partial charge in [-0.05, 0) is 32.2 Å². The van der Waals surface area contributed by atoms with Crippen LogP contribution in [-0.2, 0) is 4.79 Å². The van der Waals surface area contributed by atoms with Crippen molar-refractivity contribution < 1.29 is 4.79 Å². The van der Waals surface area contributed by atoms with Crippen LogP contribution in [0.25, 0.3) is 0 Å². The molecule has 2 N–H and O–H groups in total. The van der Waals surface area contributed by atoms with Crippen LogP contribution in [0.3, 0.4) is 0 Å². The molecule has 1 aliphatic carbocycles. The first kappa shape index (κ1) is 13.8. The molecule has 1 amide bonds. The van der Waals surface area contributed by atoms with Gasteiger partial charge in [-0.3, -0.25) is 4.79 Å². The van der Waals surface area contributed by atoms with Gasteiger partial charge in [0.1, 0.15) is 0 Å². The van der Waals surface area contributed by atoms with E-state index in [1.165, 1.54) is 6.42 Å². The largest absolute Gasteiger partial charge is 0.356 e. The second-order valence-electron chi connectivity index (χ2n) is 5.69. The molecule has 2 aliphatic rings. The monoisotopic (exact) mass is 253 g/mol. The summed E-state index contributed by atoms with van der Waals surface area (Å²) in [5.41, 5.74) is -0.00492. The van der Waals surface area contributed by atoms with Gasteiger partial charge in [-0.1, -0.05) is 13.3 Å². The van der Waals surface area contributed by atoms with Crippen molar-refractivity contribution in [1.29, 1.82) is 0 Å². The van der Waals surface area contributed by atoms with Crippen LogP contribution in [0.5, 0.6) is 0 Å². The molecule has 0 spiro atoms. The van der Waals surface area contributed by atoms with Crippen molar-refractivity contribution in [3.05, 3.63) is 0 Å². The fraction of sp³-hybridized carbons (Fsp3) is 0.929. The Balaban J connectivity index is 1.58. The third kappa shape index (κ3) is 3.23.